The molecular weight excluding hydrogens is 338 g/mol. The molecule has 0 aliphatic carbocycles. The zero-order chi connectivity index (χ0) is 17.0. The van der Waals surface area contributed by atoms with Gasteiger partial charge in [-0.25, -0.2) is 0 Å². The van der Waals surface area contributed by atoms with E-state index in [4.69, 9.17) is 5.73 Å². The number of fused-ring (bicyclic) bond motifs is 1. The zero-order valence-electron chi connectivity index (χ0n) is 12.7. The fourth-order valence-corrected chi connectivity index (χ4v) is 3.35. The summed E-state index contributed by atoms with van der Waals surface area (Å²) < 4.78 is 25.8. The van der Waals surface area contributed by atoms with Gasteiger partial charge in [0.25, 0.3) is 5.91 Å². The lowest BCUT2D eigenvalue weighted by Crippen LogP contribution is -2.38. The number of nitrogens with two attached hydrogens (primary N) is 1. The number of hydrogen-bond acceptors (Lipinski definition) is 6. The molecule has 0 saturated heterocycles. The predicted octanol–water partition coefficient (Wildman–Crippen LogP) is 1.20. The Balaban J connectivity index is 2.16. The van der Waals surface area contributed by atoms with Crippen molar-refractivity contribution in [1.82, 2.24) is 5.32 Å². The van der Waals surface area contributed by atoms with E-state index in [1.54, 1.807) is 11.8 Å². The van der Waals surface area contributed by atoms with E-state index < -0.39 is 22.0 Å². The van der Waals surface area contributed by atoms with Gasteiger partial charge < -0.3 is 5.73 Å². The second-order valence-electron chi connectivity index (χ2n) is 4.97. The number of nitrogens with one attached hydrogen (secondary N) is 1. The van der Waals surface area contributed by atoms with Crippen molar-refractivity contribution in [2.75, 3.05) is 12.0 Å². The number of thioether (sulfide) groups is 1. The molecule has 1 aliphatic heterocycles. The van der Waals surface area contributed by atoms with Crippen LogP contribution in [-0.4, -0.2) is 32.3 Å². The number of carbonyl (C=O) groups excluding carboxylic acids is 1. The van der Waals surface area contributed by atoms with Gasteiger partial charge in [0.05, 0.1) is 6.26 Å². The standard InChI is InChI=1S/C14H17N3O4S2/c1-9-4-3-5-10-8-11(6-7-22-12(9)10)13(18)16-14(15)17-21-23(2,19)20/h3-5,8H,6-7H2,1-2H3,(H3,15,16,17,18). The van der Waals surface area contributed by atoms with Gasteiger partial charge >= 0.3 is 10.1 Å². The van der Waals surface area contributed by atoms with E-state index in [2.05, 4.69) is 14.8 Å². The van der Waals surface area contributed by atoms with Crippen molar-refractivity contribution in [2.45, 2.75) is 18.2 Å². The molecule has 3 N–H and O–H groups in total. The number of nitrogens with zero attached hydrogens (tertiary/aromatic N) is 1. The molecule has 0 bridgehead atoms. The van der Waals surface area contributed by atoms with Crippen LogP contribution in [0.2, 0.25) is 0 Å². The molecule has 0 atom stereocenters. The molecule has 0 radical (unpaired) electrons. The fourth-order valence-electron chi connectivity index (χ4n) is 2.02. The van der Waals surface area contributed by atoms with Crippen molar-refractivity contribution in [2.24, 2.45) is 10.9 Å². The molecule has 1 heterocycles. The second-order valence-corrected chi connectivity index (χ2v) is 7.63. The fraction of sp³-hybridized carbons (Fsp3) is 0.286. The molecule has 2 rings (SSSR count). The summed E-state index contributed by atoms with van der Waals surface area (Å²) in [6.07, 6.45) is 3.20. The average molecular weight is 355 g/mol. The van der Waals surface area contributed by atoms with Gasteiger partial charge in [-0.05, 0) is 35.7 Å². The number of hydrogen-bond donors (Lipinski definition) is 2. The lowest BCUT2D eigenvalue weighted by molar-refractivity contribution is -0.116. The van der Waals surface area contributed by atoms with Crippen molar-refractivity contribution in [3.63, 3.8) is 0 Å². The number of aryl methyl sites for hydroxylation is 1. The zero-order valence-corrected chi connectivity index (χ0v) is 14.3. The summed E-state index contributed by atoms with van der Waals surface area (Å²) in [5.74, 6) is -0.0884. The lowest BCUT2D eigenvalue weighted by atomic mass is 10.1. The van der Waals surface area contributed by atoms with E-state index in [-0.39, 0.29) is 0 Å². The van der Waals surface area contributed by atoms with E-state index >= 15 is 0 Å². The Morgan fingerprint density at radius 2 is 2.17 bits per heavy atom. The molecule has 9 heteroatoms. The van der Waals surface area contributed by atoms with Crippen molar-refractivity contribution in [3.05, 3.63) is 34.9 Å². The SMILES string of the molecule is Cc1cccc2c1SCCC(C(=O)NC(N)=NOS(C)(=O)=O)=C2. The minimum absolute atomic E-state index is 0.414. The van der Waals surface area contributed by atoms with Gasteiger partial charge in [0, 0.05) is 16.2 Å². The first-order valence-corrected chi connectivity index (χ1v) is 9.53. The van der Waals surface area contributed by atoms with Crippen molar-refractivity contribution in [3.8, 4) is 0 Å². The monoisotopic (exact) mass is 355 g/mol. The maximum atomic E-state index is 12.2. The van der Waals surface area contributed by atoms with Crippen LogP contribution in [0.5, 0.6) is 0 Å². The van der Waals surface area contributed by atoms with Gasteiger partial charge in [-0.3, -0.25) is 14.4 Å². The van der Waals surface area contributed by atoms with Crippen molar-refractivity contribution < 1.29 is 17.5 Å². The quantitative estimate of drug-likeness (QED) is 0.479. The summed E-state index contributed by atoms with van der Waals surface area (Å²) in [5, 5.41) is 5.47. The first-order valence-electron chi connectivity index (χ1n) is 6.72. The maximum absolute atomic E-state index is 12.2. The third-order valence-electron chi connectivity index (χ3n) is 2.99. The third kappa shape index (κ3) is 5.00. The minimum atomic E-state index is -3.77. The molecule has 1 aromatic rings. The van der Waals surface area contributed by atoms with Crippen molar-refractivity contribution >= 4 is 39.8 Å². The van der Waals surface area contributed by atoms with Crippen LogP contribution in [0.15, 0.2) is 33.8 Å². The highest BCUT2D eigenvalue weighted by molar-refractivity contribution is 7.99. The van der Waals surface area contributed by atoms with E-state index in [0.717, 1.165) is 28.0 Å². The Morgan fingerprint density at radius 1 is 1.43 bits per heavy atom. The van der Waals surface area contributed by atoms with E-state index in [0.29, 0.717) is 12.0 Å². The topological polar surface area (TPSA) is 111 Å². The predicted molar refractivity (Wildman–Crippen MR) is 90.2 cm³/mol. The van der Waals surface area contributed by atoms with Crippen molar-refractivity contribution in [1.29, 1.82) is 0 Å². The molecule has 0 saturated carbocycles. The molecule has 1 aromatic carbocycles. The molecule has 1 amide bonds. The smallest absolute Gasteiger partial charge is 0.325 e. The van der Waals surface area contributed by atoms with Crippen LogP contribution in [-0.2, 0) is 19.2 Å². The Bertz CT molecular complexity index is 785. The minimum Gasteiger partial charge on any atom is -0.367 e. The van der Waals surface area contributed by atoms with Gasteiger partial charge in [0.15, 0.2) is 0 Å². The summed E-state index contributed by atoms with van der Waals surface area (Å²) in [5.41, 5.74) is 8.12. The molecule has 0 fully saturated rings. The molecule has 0 aromatic heterocycles. The van der Waals surface area contributed by atoms with Gasteiger partial charge in [-0.2, -0.15) is 8.42 Å². The van der Waals surface area contributed by atoms with Crippen LogP contribution < -0.4 is 11.1 Å². The molecule has 1 aliphatic rings. The Morgan fingerprint density at radius 3 is 2.87 bits per heavy atom. The third-order valence-corrected chi connectivity index (χ3v) is 4.59. The average Bonchev–Trinajstić information content (AvgIpc) is 2.68. The summed E-state index contributed by atoms with van der Waals surface area (Å²) >= 11 is 1.69. The van der Waals surface area contributed by atoms with Gasteiger partial charge in [-0.1, -0.05) is 18.2 Å². The lowest BCUT2D eigenvalue weighted by Gasteiger charge is -2.06. The van der Waals surface area contributed by atoms with E-state index in [1.165, 1.54) is 0 Å². The number of oxime groups is 1. The highest BCUT2D eigenvalue weighted by Gasteiger charge is 2.17. The molecule has 0 unspecified atom stereocenters. The highest BCUT2D eigenvalue weighted by Crippen LogP contribution is 2.32. The van der Waals surface area contributed by atoms with Crippen LogP contribution in [0.3, 0.4) is 0 Å². The van der Waals surface area contributed by atoms with Crippen LogP contribution >= 0.6 is 11.8 Å². The summed E-state index contributed by atoms with van der Waals surface area (Å²) in [4.78, 5) is 13.4. The van der Waals surface area contributed by atoms with E-state index in [1.807, 2.05) is 31.2 Å². The molecular formula is C14H17N3O4S2. The van der Waals surface area contributed by atoms with Gasteiger partial charge in [0.2, 0.25) is 5.96 Å². The van der Waals surface area contributed by atoms with E-state index in [9.17, 15) is 13.2 Å². The first kappa shape index (κ1) is 17.4. The molecule has 0 spiro atoms. The maximum Gasteiger partial charge on any atom is 0.325 e. The first-order chi connectivity index (χ1) is 10.8. The van der Waals surface area contributed by atoms with Crippen LogP contribution in [0.1, 0.15) is 17.5 Å². The molecule has 7 nitrogen and oxygen atoms in total. The highest BCUT2D eigenvalue weighted by atomic mass is 32.2. The second kappa shape index (κ2) is 7.05. The summed E-state index contributed by atoms with van der Waals surface area (Å²) in [6, 6.07) is 5.90. The van der Waals surface area contributed by atoms with Gasteiger partial charge in [0.1, 0.15) is 0 Å². The Kier molecular flexibility index (Phi) is 5.32. The van der Waals surface area contributed by atoms with Crippen LogP contribution in [0.25, 0.3) is 6.08 Å². The number of amides is 1. The van der Waals surface area contributed by atoms with Gasteiger partial charge in [-0.15, -0.1) is 11.8 Å². The summed E-state index contributed by atoms with van der Waals surface area (Å²) in [7, 11) is -3.77. The number of guanidine groups is 1. The normalized spacial score (nSPS) is 15.2. The Hall–Kier alpha value is -2.00. The number of benzene rings is 1. The summed E-state index contributed by atoms with van der Waals surface area (Å²) in [6.45, 7) is 2.03. The number of rotatable bonds is 3. The van der Waals surface area contributed by atoms with Crippen LogP contribution in [0.4, 0.5) is 0 Å². The Labute approximate surface area is 139 Å². The largest absolute Gasteiger partial charge is 0.367 e. The molecule has 23 heavy (non-hydrogen) atoms. The molecule has 124 valence electrons. The van der Waals surface area contributed by atoms with Crippen LogP contribution in [0, 0.1) is 6.92 Å². The number of carbonyl (C=O) groups is 1.